The van der Waals surface area contributed by atoms with Crippen molar-refractivity contribution in [2.45, 2.75) is 96.1 Å². The van der Waals surface area contributed by atoms with Crippen LogP contribution in [0.25, 0.3) is 11.0 Å². The van der Waals surface area contributed by atoms with Crippen molar-refractivity contribution in [2.75, 3.05) is 0 Å². The van der Waals surface area contributed by atoms with E-state index in [9.17, 15) is 19.5 Å². The maximum Gasteiger partial charge on any atom is 0.336 e. The van der Waals surface area contributed by atoms with Gasteiger partial charge in [-0.1, -0.05) is 96.6 Å². The van der Waals surface area contributed by atoms with Gasteiger partial charge in [0.2, 0.25) is 0 Å². The van der Waals surface area contributed by atoms with Crippen molar-refractivity contribution in [1.29, 1.82) is 0 Å². The minimum atomic E-state index is -1.19. The maximum absolute atomic E-state index is 14.6. The molecular weight excluding hydrogens is 717 g/mol. The summed E-state index contributed by atoms with van der Waals surface area (Å²) in [5.41, 5.74) is 6.14. The second kappa shape index (κ2) is 15.7. The number of aliphatic hydroxyl groups is 1. The van der Waals surface area contributed by atoms with Crippen molar-refractivity contribution in [3.63, 3.8) is 0 Å². The summed E-state index contributed by atoms with van der Waals surface area (Å²) in [4.78, 5) is 41.6. The van der Waals surface area contributed by atoms with Crippen molar-refractivity contribution >= 4 is 22.9 Å². The molecule has 0 radical (unpaired) electrons. The van der Waals surface area contributed by atoms with E-state index in [1.807, 2.05) is 19.9 Å². The lowest BCUT2D eigenvalue weighted by Gasteiger charge is -2.43. The van der Waals surface area contributed by atoms with Gasteiger partial charge in [0.25, 0.3) is 0 Å². The van der Waals surface area contributed by atoms with E-state index in [1.165, 1.54) is 22.8 Å². The van der Waals surface area contributed by atoms with E-state index in [-0.39, 0.29) is 35.3 Å². The molecule has 0 saturated heterocycles. The van der Waals surface area contributed by atoms with Crippen LogP contribution in [0, 0.1) is 5.92 Å². The van der Waals surface area contributed by atoms with Crippen molar-refractivity contribution in [3.05, 3.63) is 170 Å². The molecule has 3 aliphatic heterocycles. The zero-order valence-corrected chi connectivity index (χ0v) is 32.8. The summed E-state index contributed by atoms with van der Waals surface area (Å²) >= 11 is 0. The standard InChI is InChI=1S/C49H48O8/c1-29(2)38-19-15-30-13-16-33(17-14-30)39-20-18-35(34-12-8-11-32(24-34)23-31-9-6-5-7-10-31)25-36(39)26-42(51)55-46-44-41(57-49(3,4)47(46)56-48(38)53)22-21-40-37(28-50)27-43(52)54-45(40)44/h5-14,16-18,20-22,24,27,35-36,39,46-47,50H,15,19,23,25-26,28H2,1-4H3/t35-,36+,39+,46-,47+/m1/s1. The average Bonchev–Trinajstić information content (AvgIpc) is 3.19. The zero-order chi connectivity index (χ0) is 39.8. The van der Waals surface area contributed by atoms with E-state index in [4.69, 9.17) is 18.6 Å². The highest BCUT2D eigenvalue weighted by Gasteiger charge is 2.51. The molecule has 1 N–H and O–H groups in total. The van der Waals surface area contributed by atoms with Crippen LogP contribution in [-0.4, -0.2) is 28.8 Å². The Hall–Kier alpha value is -5.73. The first-order valence-corrected chi connectivity index (χ1v) is 19.8. The Kier molecular flexibility index (Phi) is 10.5. The van der Waals surface area contributed by atoms with Crippen molar-refractivity contribution < 1.29 is 33.3 Å². The molecule has 4 aromatic carbocycles. The normalized spacial score (nSPS) is 23.1. The minimum absolute atomic E-state index is 0.0467. The Labute approximate surface area is 332 Å². The van der Waals surface area contributed by atoms with Crippen LogP contribution >= 0.6 is 0 Å². The number of esters is 2. The molecule has 1 aromatic heterocycles. The molecule has 5 aromatic rings. The van der Waals surface area contributed by atoms with Crippen LogP contribution in [0.1, 0.15) is 104 Å². The number of carbonyl (C=O) groups is 2. The highest BCUT2D eigenvalue weighted by atomic mass is 16.6. The summed E-state index contributed by atoms with van der Waals surface area (Å²) in [6.45, 7) is 6.94. The molecule has 4 aliphatic rings. The molecule has 57 heavy (non-hydrogen) atoms. The summed E-state index contributed by atoms with van der Waals surface area (Å²) in [7, 11) is 0. The quantitative estimate of drug-likeness (QED) is 0.0835. The van der Waals surface area contributed by atoms with Crippen LogP contribution in [-0.2, 0) is 38.5 Å². The number of ether oxygens (including phenoxy) is 3. The fourth-order valence-corrected chi connectivity index (χ4v) is 8.86. The molecule has 5 atom stereocenters. The smallest absolute Gasteiger partial charge is 0.336 e. The average molecular weight is 765 g/mol. The first kappa shape index (κ1) is 38.2. The highest BCUT2D eigenvalue weighted by molar-refractivity contribution is 5.90. The largest absolute Gasteiger partial charge is 0.483 e. The van der Waals surface area contributed by atoms with Crippen molar-refractivity contribution in [1.82, 2.24) is 0 Å². The number of aryl methyl sites for hydroxylation is 1. The molecule has 0 unspecified atom stereocenters. The lowest BCUT2D eigenvalue weighted by molar-refractivity contribution is -0.188. The van der Waals surface area contributed by atoms with Gasteiger partial charge in [0.1, 0.15) is 16.9 Å². The zero-order valence-electron chi connectivity index (χ0n) is 32.8. The number of rotatable bonds is 4. The van der Waals surface area contributed by atoms with Crippen LogP contribution < -0.4 is 10.4 Å². The Morgan fingerprint density at radius 2 is 1.58 bits per heavy atom. The van der Waals surface area contributed by atoms with Gasteiger partial charge < -0.3 is 23.7 Å². The molecule has 8 nitrogen and oxygen atoms in total. The highest BCUT2D eigenvalue weighted by Crippen LogP contribution is 2.48. The van der Waals surface area contributed by atoms with E-state index in [0.717, 1.165) is 23.1 Å². The Morgan fingerprint density at radius 3 is 2.33 bits per heavy atom. The Bertz CT molecular complexity index is 2430. The lowest BCUT2D eigenvalue weighted by atomic mass is 9.72. The van der Waals surface area contributed by atoms with Gasteiger partial charge in [0, 0.05) is 35.3 Å². The molecule has 292 valence electrons. The number of hydrogen-bond acceptors (Lipinski definition) is 8. The molecule has 0 fully saturated rings. The number of fused-ring (bicyclic) bond motifs is 11. The fraction of sp³-hybridized carbons (Fsp3) is 0.327. The second-order valence-corrected chi connectivity index (χ2v) is 16.4. The Morgan fingerprint density at radius 1 is 0.807 bits per heavy atom. The Balaban J connectivity index is 1.21. The number of carbonyl (C=O) groups excluding carboxylic acids is 2. The summed E-state index contributed by atoms with van der Waals surface area (Å²) < 4.78 is 25.2. The summed E-state index contributed by atoms with van der Waals surface area (Å²) in [6.07, 6.45) is 4.92. The number of aliphatic hydroxyl groups excluding tert-OH is 1. The van der Waals surface area contributed by atoms with Gasteiger partial charge in [0.15, 0.2) is 12.2 Å². The van der Waals surface area contributed by atoms with Gasteiger partial charge in [-0.3, -0.25) is 4.79 Å². The molecule has 2 bridgehead atoms. The van der Waals surface area contributed by atoms with E-state index < -0.39 is 42.0 Å². The third-order valence-electron chi connectivity index (χ3n) is 11.8. The predicted octanol–water partition coefficient (Wildman–Crippen LogP) is 9.36. The van der Waals surface area contributed by atoms with Gasteiger partial charge in [-0.15, -0.1) is 0 Å². The van der Waals surface area contributed by atoms with Crippen LogP contribution in [0.15, 0.2) is 130 Å². The van der Waals surface area contributed by atoms with Crippen molar-refractivity contribution in [2.24, 2.45) is 5.92 Å². The second-order valence-electron chi connectivity index (χ2n) is 16.4. The molecule has 0 saturated carbocycles. The third-order valence-corrected chi connectivity index (χ3v) is 11.8. The van der Waals surface area contributed by atoms with Crippen LogP contribution in [0.2, 0.25) is 0 Å². The molecule has 1 aliphatic carbocycles. The van der Waals surface area contributed by atoms with Crippen LogP contribution in [0.4, 0.5) is 0 Å². The molecule has 0 amide bonds. The predicted molar refractivity (Wildman–Crippen MR) is 218 cm³/mol. The third kappa shape index (κ3) is 7.83. The summed E-state index contributed by atoms with van der Waals surface area (Å²) in [6, 6.07) is 32.3. The fourth-order valence-electron chi connectivity index (χ4n) is 8.86. The van der Waals surface area contributed by atoms with Gasteiger partial charge in [0.05, 0.1) is 12.2 Å². The van der Waals surface area contributed by atoms with Gasteiger partial charge in [-0.25, -0.2) is 9.59 Å². The number of benzene rings is 4. The monoisotopic (exact) mass is 764 g/mol. The van der Waals surface area contributed by atoms with E-state index in [0.29, 0.717) is 41.5 Å². The first-order chi connectivity index (χ1) is 27.5. The molecule has 8 heteroatoms. The maximum atomic E-state index is 14.6. The topological polar surface area (TPSA) is 112 Å². The molecule has 4 heterocycles. The van der Waals surface area contributed by atoms with Gasteiger partial charge >= 0.3 is 17.6 Å². The number of hydrogen-bond donors (Lipinski definition) is 1. The lowest BCUT2D eigenvalue weighted by Crippen LogP contribution is -2.52. The van der Waals surface area contributed by atoms with E-state index in [1.54, 1.807) is 26.0 Å². The minimum Gasteiger partial charge on any atom is -0.483 e. The van der Waals surface area contributed by atoms with Crippen LogP contribution in [0.3, 0.4) is 0 Å². The molecule has 9 rings (SSSR count). The van der Waals surface area contributed by atoms with Crippen molar-refractivity contribution in [3.8, 4) is 5.75 Å². The molecule has 0 spiro atoms. The summed E-state index contributed by atoms with van der Waals surface area (Å²) in [5, 5.41) is 10.7. The van der Waals surface area contributed by atoms with Gasteiger partial charge in [-0.2, -0.15) is 0 Å². The van der Waals surface area contributed by atoms with E-state index in [2.05, 4.69) is 84.9 Å². The van der Waals surface area contributed by atoms with Crippen LogP contribution in [0.5, 0.6) is 5.75 Å². The first-order valence-electron chi connectivity index (χ1n) is 19.8. The summed E-state index contributed by atoms with van der Waals surface area (Å²) in [5.74, 6) is -0.765. The number of allylic oxidation sites excluding steroid dienone is 3. The van der Waals surface area contributed by atoms with Gasteiger partial charge in [-0.05, 0) is 105 Å². The van der Waals surface area contributed by atoms with E-state index >= 15 is 0 Å². The molecular formula is C49H48O8. The SMILES string of the molecule is CC(C)=C1CCc2ccc(cc2)[C@@H]2C=C[C@@H](c3cccc(Cc4ccccc4)c3)C[C@H]2CC(=O)O[C@@H]2c3c(ccc4c(CO)cc(=O)oc34)OC(C)(C)[C@H]2OC1=O.